The van der Waals surface area contributed by atoms with Crippen LogP contribution < -0.4 is 10.1 Å². The Hall–Kier alpha value is -1.06. The highest BCUT2D eigenvalue weighted by Gasteiger charge is 2.34. The molecule has 2 N–H and O–H groups in total. The monoisotopic (exact) mass is 261 g/mol. The quantitative estimate of drug-likeness (QED) is 0.874. The molecule has 1 heterocycles. The van der Waals surface area contributed by atoms with E-state index in [2.05, 4.69) is 37.4 Å². The third kappa shape index (κ3) is 2.63. The molecule has 3 nitrogen and oxygen atoms in total. The van der Waals surface area contributed by atoms with Crippen LogP contribution in [0, 0.1) is 0 Å². The number of para-hydroxylation sites is 1. The van der Waals surface area contributed by atoms with E-state index in [9.17, 15) is 5.11 Å². The molecule has 0 amide bonds. The highest BCUT2D eigenvalue weighted by molar-refractivity contribution is 5.45. The molecule has 0 radical (unpaired) electrons. The highest BCUT2D eigenvalue weighted by atomic mass is 16.5. The summed E-state index contributed by atoms with van der Waals surface area (Å²) in [6, 6.07) is 6.35. The third-order valence-electron chi connectivity index (χ3n) is 4.23. The normalized spacial score (nSPS) is 22.5. The summed E-state index contributed by atoms with van der Waals surface area (Å²) in [5.41, 5.74) is 1.94. The molecular formula is C16H23NO2. The number of fused-ring (bicyclic) bond motifs is 1. The van der Waals surface area contributed by atoms with Gasteiger partial charge in [-0.1, -0.05) is 18.2 Å². The summed E-state index contributed by atoms with van der Waals surface area (Å²) in [7, 11) is 0. The van der Waals surface area contributed by atoms with Crippen molar-refractivity contribution >= 4 is 0 Å². The first-order valence-electron chi connectivity index (χ1n) is 7.20. The molecule has 0 spiro atoms. The fourth-order valence-corrected chi connectivity index (χ4v) is 3.01. The van der Waals surface area contributed by atoms with Crippen LogP contribution in [0.2, 0.25) is 0 Å². The van der Waals surface area contributed by atoms with Gasteiger partial charge in [-0.15, -0.1) is 0 Å². The summed E-state index contributed by atoms with van der Waals surface area (Å²) in [5, 5.41) is 13.4. The summed E-state index contributed by atoms with van der Waals surface area (Å²) < 4.78 is 6.05. The Labute approximate surface area is 115 Å². The van der Waals surface area contributed by atoms with E-state index in [4.69, 9.17) is 4.74 Å². The second-order valence-electron chi connectivity index (χ2n) is 6.63. The lowest BCUT2D eigenvalue weighted by molar-refractivity contribution is -0.0315. The molecule has 19 heavy (non-hydrogen) atoms. The van der Waals surface area contributed by atoms with E-state index in [0.29, 0.717) is 6.54 Å². The average molecular weight is 261 g/mol. The number of nitrogens with one attached hydrogen (secondary N) is 1. The maximum atomic E-state index is 10.1. The largest absolute Gasteiger partial charge is 0.487 e. The summed E-state index contributed by atoms with van der Waals surface area (Å²) in [5.74, 6) is 1.04. The summed E-state index contributed by atoms with van der Waals surface area (Å²) in [6.45, 7) is 5.70. The van der Waals surface area contributed by atoms with Gasteiger partial charge in [0.2, 0.25) is 0 Å². The molecule has 1 aliphatic carbocycles. The van der Waals surface area contributed by atoms with E-state index in [1.165, 1.54) is 11.1 Å². The van der Waals surface area contributed by atoms with Gasteiger partial charge >= 0.3 is 0 Å². The molecule has 1 aliphatic heterocycles. The van der Waals surface area contributed by atoms with Gasteiger partial charge in [0, 0.05) is 25.1 Å². The predicted octanol–water partition coefficient (Wildman–Crippen LogP) is 2.40. The second-order valence-corrected chi connectivity index (χ2v) is 6.63. The van der Waals surface area contributed by atoms with Crippen molar-refractivity contribution in [3.63, 3.8) is 0 Å². The summed E-state index contributed by atoms with van der Waals surface area (Å²) >= 11 is 0. The lowest BCUT2D eigenvalue weighted by atomic mass is 9.80. The molecule has 0 atom stereocenters. The first-order chi connectivity index (χ1) is 8.98. The number of ether oxygens (including phenoxy) is 1. The van der Waals surface area contributed by atoms with Crippen molar-refractivity contribution < 1.29 is 9.84 Å². The number of hydrogen-bond acceptors (Lipinski definition) is 3. The maximum Gasteiger partial charge on any atom is 0.127 e. The lowest BCUT2D eigenvalue weighted by Crippen LogP contribution is -2.46. The van der Waals surface area contributed by atoms with Crippen molar-refractivity contribution in [1.29, 1.82) is 0 Å². The average Bonchev–Trinajstić information content (AvgIpc) is 2.62. The molecule has 104 valence electrons. The molecule has 1 fully saturated rings. The van der Waals surface area contributed by atoms with Crippen LogP contribution in [-0.4, -0.2) is 22.9 Å². The topological polar surface area (TPSA) is 41.5 Å². The van der Waals surface area contributed by atoms with Crippen LogP contribution in [0.5, 0.6) is 5.75 Å². The first-order valence-corrected chi connectivity index (χ1v) is 7.20. The minimum Gasteiger partial charge on any atom is -0.487 e. The molecule has 1 aromatic rings. The fraction of sp³-hybridized carbons (Fsp3) is 0.625. The zero-order chi connectivity index (χ0) is 13.5. The van der Waals surface area contributed by atoms with Gasteiger partial charge in [-0.05, 0) is 38.7 Å². The van der Waals surface area contributed by atoms with E-state index < -0.39 is 5.60 Å². The van der Waals surface area contributed by atoms with Crippen molar-refractivity contribution in [2.24, 2.45) is 0 Å². The van der Waals surface area contributed by atoms with E-state index >= 15 is 0 Å². The van der Waals surface area contributed by atoms with E-state index in [1.54, 1.807) is 0 Å². The van der Waals surface area contributed by atoms with Gasteiger partial charge in [-0.2, -0.15) is 0 Å². The number of benzene rings is 1. The summed E-state index contributed by atoms with van der Waals surface area (Å²) in [4.78, 5) is 0. The van der Waals surface area contributed by atoms with Crippen molar-refractivity contribution in [3.05, 3.63) is 29.3 Å². The zero-order valence-electron chi connectivity index (χ0n) is 11.8. The maximum absolute atomic E-state index is 10.1. The Kier molecular flexibility index (Phi) is 3.06. The van der Waals surface area contributed by atoms with Crippen molar-refractivity contribution in [1.82, 2.24) is 5.32 Å². The van der Waals surface area contributed by atoms with Gasteiger partial charge < -0.3 is 15.2 Å². The van der Waals surface area contributed by atoms with Crippen LogP contribution in [0.25, 0.3) is 0 Å². The van der Waals surface area contributed by atoms with Crippen molar-refractivity contribution in [3.8, 4) is 5.75 Å². The standard InChI is InChI=1S/C16H23NO2/c1-15(2)9-12-5-3-6-13(14(12)19-15)10-17-11-16(18)7-4-8-16/h3,5-6,17-18H,4,7-11H2,1-2H3. The van der Waals surface area contributed by atoms with Crippen molar-refractivity contribution in [2.45, 2.75) is 57.3 Å². The number of hydrogen-bond donors (Lipinski definition) is 2. The van der Waals surface area contributed by atoms with Crippen LogP contribution in [0.3, 0.4) is 0 Å². The molecule has 1 aromatic carbocycles. The van der Waals surface area contributed by atoms with E-state index in [1.807, 2.05) is 0 Å². The molecule has 0 bridgehead atoms. The van der Waals surface area contributed by atoms with Crippen LogP contribution in [0.15, 0.2) is 18.2 Å². The summed E-state index contributed by atoms with van der Waals surface area (Å²) in [6.07, 6.45) is 3.98. The van der Waals surface area contributed by atoms with Crippen LogP contribution in [0.1, 0.15) is 44.2 Å². The van der Waals surface area contributed by atoms with E-state index in [-0.39, 0.29) is 5.60 Å². The predicted molar refractivity (Wildman–Crippen MR) is 75.4 cm³/mol. The molecule has 0 saturated heterocycles. The van der Waals surface area contributed by atoms with Gasteiger partial charge in [0.05, 0.1) is 5.60 Å². The van der Waals surface area contributed by atoms with Crippen LogP contribution in [0.4, 0.5) is 0 Å². The minimum absolute atomic E-state index is 0.0926. The van der Waals surface area contributed by atoms with Gasteiger partial charge in [0.25, 0.3) is 0 Å². The van der Waals surface area contributed by atoms with Gasteiger partial charge in [0.1, 0.15) is 11.4 Å². The zero-order valence-corrected chi connectivity index (χ0v) is 11.8. The number of aliphatic hydroxyl groups is 1. The Bertz CT molecular complexity index is 478. The molecular weight excluding hydrogens is 238 g/mol. The highest BCUT2D eigenvalue weighted by Crippen LogP contribution is 2.37. The van der Waals surface area contributed by atoms with Crippen LogP contribution in [-0.2, 0) is 13.0 Å². The third-order valence-corrected chi connectivity index (χ3v) is 4.23. The Morgan fingerprint density at radius 1 is 1.32 bits per heavy atom. The Morgan fingerprint density at radius 3 is 2.79 bits per heavy atom. The lowest BCUT2D eigenvalue weighted by Gasteiger charge is -2.36. The molecule has 0 unspecified atom stereocenters. The SMILES string of the molecule is CC1(C)Cc2cccc(CNCC3(O)CCC3)c2O1. The molecule has 3 heteroatoms. The van der Waals surface area contributed by atoms with Crippen LogP contribution >= 0.6 is 0 Å². The molecule has 3 rings (SSSR count). The first kappa shape index (κ1) is 12.9. The molecule has 0 aromatic heterocycles. The van der Waals surface area contributed by atoms with E-state index in [0.717, 1.165) is 38.0 Å². The second kappa shape index (κ2) is 4.50. The fourth-order valence-electron chi connectivity index (χ4n) is 3.01. The van der Waals surface area contributed by atoms with Gasteiger partial charge in [-0.3, -0.25) is 0 Å². The Morgan fingerprint density at radius 2 is 2.11 bits per heavy atom. The van der Waals surface area contributed by atoms with Crippen molar-refractivity contribution in [2.75, 3.05) is 6.54 Å². The smallest absolute Gasteiger partial charge is 0.127 e. The van der Waals surface area contributed by atoms with Gasteiger partial charge in [-0.25, -0.2) is 0 Å². The molecule has 1 saturated carbocycles. The minimum atomic E-state index is -0.460. The van der Waals surface area contributed by atoms with Gasteiger partial charge in [0.15, 0.2) is 0 Å². The molecule has 2 aliphatic rings. The Balaban J connectivity index is 1.65. The number of rotatable bonds is 4.